The molecule has 0 amide bonds. The number of rotatable bonds is 2. The molecule has 6 nitrogen and oxygen atoms in total. The van der Waals surface area contributed by atoms with Crippen LogP contribution in [0.2, 0.25) is 0 Å². The summed E-state index contributed by atoms with van der Waals surface area (Å²) in [5, 5.41) is 16.9. The average molecular weight is 487 g/mol. The van der Waals surface area contributed by atoms with Crippen LogP contribution in [-0.4, -0.2) is 30.3 Å². The number of hydrogen-bond donors (Lipinski definition) is 0. The van der Waals surface area contributed by atoms with E-state index < -0.39 is 0 Å². The van der Waals surface area contributed by atoms with Gasteiger partial charge in [0.15, 0.2) is 0 Å². The molecule has 0 fully saturated rings. The van der Waals surface area contributed by atoms with E-state index in [0.29, 0.717) is 0 Å². The molecule has 4 heterocycles. The Hall–Kier alpha value is -3.31. The monoisotopic (exact) mass is 486 g/mol. The maximum absolute atomic E-state index is 7.13. The van der Waals surface area contributed by atoms with Crippen molar-refractivity contribution in [1.29, 1.82) is 0 Å². The first-order chi connectivity index (χ1) is 14.8. The van der Waals surface area contributed by atoms with Crippen molar-refractivity contribution in [3.8, 4) is 22.8 Å². The van der Waals surface area contributed by atoms with Crippen molar-refractivity contribution in [1.82, 2.24) is 19.9 Å². The molecule has 0 saturated carbocycles. The second kappa shape index (κ2) is 18.7. The van der Waals surface area contributed by atoms with Crippen molar-refractivity contribution >= 4 is 34.8 Å². The number of pyridine rings is 4. The molecule has 4 aromatic rings. The van der Waals surface area contributed by atoms with Crippen molar-refractivity contribution in [3.05, 3.63) is 108 Å². The Labute approximate surface area is 201 Å². The van der Waals surface area contributed by atoms with Crippen LogP contribution in [0.25, 0.3) is 33.6 Å². The molecular weight excluding hydrogens is 471 g/mol. The second-order valence-corrected chi connectivity index (χ2v) is 5.41. The third kappa shape index (κ3) is 12.1. The summed E-state index contributed by atoms with van der Waals surface area (Å²) >= 11 is 7.40. The van der Waals surface area contributed by atoms with E-state index >= 15 is 0 Å². The molecule has 0 aliphatic rings. The molecule has 156 valence electrons. The normalized spacial score (nSPS) is 8.00. The molecule has 0 unspecified atom stereocenters. The number of nitrogens with zero attached hydrogens (tertiary/aromatic N) is 6. The Kier molecular flexibility index (Phi) is 16.7. The van der Waals surface area contributed by atoms with Gasteiger partial charge in [-0.05, 0) is 48.5 Å². The number of isothiocyanates is 2. The molecule has 0 saturated heterocycles. The van der Waals surface area contributed by atoms with Crippen LogP contribution < -0.4 is 0 Å². The number of thiocarbonyl (C=S) groups is 2. The van der Waals surface area contributed by atoms with E-state index in [4.69, 9.17) is 10.8 Å². The molecule has 0 spiro atoms. The SMILES string of the molecule is [N-]=C=S.[N-]=C=S.[Ni+2].c1ccc(-c2ccccn2)nc1.c1ccc(-c2ccccn2)nc1. The van der Waals surface area contributed by atoms with Gasteiger partial charge in [-0.15, -0.1) is 0 Å². The van der Waals surface area contributed by atoms with Gasteiger partial charge in [0.05, 0.1) is 22.8 Å². The molecule has 0 aliphatic carbocycles. The topological polar surface area (TPSA) is 96.2 Å². The molecule has 0 radical (unpaired) electrons. The van der Waals surface area contributed by atoms with E-state index in [1.54, 1.807) is 24.8 Å². The van der Waals surface area contributed by atoms with Crippen LogP contribution in [0.1, 0.15) is 0 Å². The van der Waals surface area contributed by atoms with Crippen molar-refractivity contribution in [3.63, 3.8) is 0 Å². The van der Waals surface area contributed by atoms with Gasteiger partial charge >= 0.3 is 16.5 Å². The van der Waals surface area contributed by atoms with Crippen molar-refractivity contribution in [2.75, 3.05) is 0 Å². The van der Waals surface area contributed by atoms with Gasteiger partial charge in [0.2, 0.25) is 0 Å². The molecule has 0 aromatic carbocycles. The van der Waals surface area contributed by atoms with Crippen molar-refractivity contribution in [2.45, 2.75) is 0 Å². The van der Waals surface area contributed by atoms with E-state index in [1.165, 1.54) is 10.3 Å². The minimum atomic E-state index is 0. The third-order valence-electron chi connectivity index (χ3n) is 3.18. The Bertz CT molecular complexity index is 863. The molecule has 9 heteroatoms. The Morgan fingerprint density at radius 3 is 0.806 bits per heavy atom. The van der Waals surface area contributed by atoms with Crippen LogP contribution in [-0.2, 0) is 16.5 Å². The quantitative estimate of drug-likeness (QED) is 0.208. The fourth-order valence-corrected chi connectivity index (χ4v) is 2.06. The standard InChI is InChI=1S/2C10H8N2.2CNS.Ni/c2*1-3-7-11-9(5-1)10-6-2-4-8-12-10;2*2-1-3;/h2*1-8H;;;/q;;2*-1;+2. The first-order valence-electron chi connectivity index (χ1n) is 8.44. The zero-order valence-electron chi connectivity index (χ0n) is 16.1. The molecular formula is C22H16N6NiS2. The summed E-state index contributed by atoms with van der Waals surface area (Å²) in [5.74, 6) is 0. The average Bonchev–Trinajstić information content (AvgIpc) is 2.83. The van der Waals surface area contributed by atoms with Crippen molar-refractivity contribution < 1.29 is 16.5 Å². The summed E-state index contributed by atoms with van der Waals surface area (Å²) in [6, 6.07) is 23.2. The maximum atomic E-state index is 7.13. The first-order valence-corrected chi connectivity index (χ1v) is 9.25. The van der Waals surface area contributed by atoms with Crippen LogP contribution >= 0.6 is 24.4 Å². The second-order valence-electron chi connectivity index (χ2n) is 5.04. The van der Waals surface area contributed by atoms with E-state index in [0.717, 1.165) is 22.8 Å². The zero-order chi connectivity index (χ0) is 21.9. The van der Waals surface area contributed by atoms with Crippen LogP contribution in [0.5, 0.6) is 0 Å². The largest absolute Gasteiger partial charge is 2.00 e. The van der Waals surface area contributed by atoms with Crippen molar-refractivity contribution in [2.24, 2.45) is 0 Å². The summed E-state index contributed by atoms with van der Waals surface area (Å²) in [6.07, 6.45) is 7.07. The maximum Gasteiger partial charge on any atom is 2.00 e. The van der Waals surface area contributed by atoms with E-state index in [-0.39, 0.29) is 16.5 Å². The van der Waals surface area contributed by atoms with E-state index in [1.807, 2.05) is 72.8 Å². The summed E-state index contributed by atoms with van der Waals surface area (Å²) in [5.41, 5.74) is 3.66. The predicted octanol–water partition coefficient (Wildman–Crippen LogP) is 5.60. The first kappa shape index (κ1) is 27.7. The Balaban J connectivity index is 0.000000453. The summed E-state index contributed by atoms with van der Waals surface area (Å²) in [4.78, 5) is 16.7. The van der Waals surface area contributed by atoms with Gasteiger partial charge in [-0.1, -0.05) is 48.7 Å². The Morgan fingerprint density at radius 1 is 0.484 bits per heavy atom. The van der Waals surface area contributed by atoms with Gasteiger partial charge in [-0.25, -0.2) is 0 Å². The molecule has 0 aliphatic heterocycles. The van der Waals surface area contributed by atoms with Gasteiger partial charge in [-0.2, -0.15) is 10.3 Å². The van der Waals surface area contributed by atoms with Gasteiger partial charge in [0.1, 0.15) is 0 Å². The third-order valence-corrected chi connectivity index (χ3v) is 3.18. The van der Waals surface area contributed by atoms with Gasteiger partial charge in [0.25, 0.3) is 0 Å². The molecule has 0 N–H and O–H groups in total. The zero-order valence-corrected chi connectivity index (χ0v) is 18.7. The fraction of sp³-hybridized carbons (Fsp3) is 0. The minimum Gasteiger partial charge on any atom is -0.753 e. The molecule has 4 aromatic heterocycles. The minimum absolute atomic E-state index is 0. The van der Waals surface area contributed by atoms with Gasteiger partial charge in [-0.3, -0.25) is 19.9 Å². The summed E-state index contributed by atoms with van der Waals surface area (Å²) in [6.45, 7) is 0. The van der Waals surface area contributed by atoms with Crippen LogP contribution in [0.4, 0.5) is 0 Å². The summed E-state index contributed by atoms with van der Waals surface area (Å²) < 4.78 is 0. The number of aromatic nitrogens is 4. The summed E-state index contributed by atoms with van der Waals surface area (Å²) in [7, 11) is 0. The Morgan fingerprint density at radius 2 is 0.677 bits per heavy atom. The molecule has 0 bridgehead atoms. The molecule has 4 rings (SSSR count). The number of hydrogen-bond acceptors (Lipinski definition) is 6. The van der Waals surface area contributed by atoms with Gasteiger partial charge < -0.3 is 10.8 Å². The fourth-order valence-electron chi connectivity index (χ4n) is 2.06. The van der Waals surface area contributed by atoms with Crippen LogP contribution in [0.15, 0.2) is 97.6 Å². The van der Waals surface area contributed by atoms with E-state index in [9.17, 15) is 0 Å². The van der Waals surface area contributed by atoms with Crippen LogP contribution in [0, 0.1) is 0 Å². The van der Waals surface area contributed by atoms with Crippen LogP contribution in [0.3, 0.4) is 0 Å². The predicted molar refractivity (Wildman–Crippen MR) is 127 cm³/mol. The van der Waals surface area contributed by atoms with E-state index in [2.05, 4.69) is 44.4 Å². The molecule has 0 atom stereocenters. The molecule has 31 heavy (non-hydrogen) atoms. The van der Waals surface area contributed by atoms with Gasteiger partial charge in [0, 0.05) is 24.8 Å². The smallest absolute Gasteiger partial charge is 0.753 e.